The summed E-state index contributed by atoms with van der Waals surface area (Å²) in [6.45, 7) is 15.2. The van der Waals surface area contributed by atoms with E-state index in [0.29, 0.717) is 0 Å². The number of rotatable bonds is 9. The standard InChI is InChI=1S/C12H26N2O.C3H8.C2H6.H2/c1-4-5-9-13-10-7-6-8-11-14(3)12(2)15;1-3-2;1-2;/h13H,4-11H2,1-3H3;3H2,1-2H3;1-2H3;1H. The fourth-order valence-electron chi connectivity index (χ4n) is 1.36. The summed E-state index contributed by atoms with van der Waals surface area (Å²) in [6.07, 6.45) is 7.32. The highest BCUT2D eigenvalue weighted by atomic mass is 16.2. The predicted octanol–water partition coefficient (Wildman–Crippen LogP) is 4.71. The molecule has 3 heteroatoms. The Bertz CT molecular complexity index is 178. The van der Waals surface area contributed by atoms with Gasteiger partial charge in [0.15, 0.2) is 0 Å². The van der Waals surface area contributed by atoms with Crippen molar-refractivity contribution in [2.75, 3.05) is 26.7 Å². The van der Waals surface area contributed by atoms with Crippen LogP contribution >= 0.6 is 0 Å². The second-order valence-electron chi connectivity index (χ2n) is 4.81. The molecule has 1 N–H and O–H groups in total. The molecule has 0 heterocycles. The third kappa shape index (κ3) is 26.1. The molecule has 0 unspecified atom stereocenters. The lowest BCUT2D eigenvalue weighted by Crippen LogP contribution is -2.25. The third-order valence-electron chi connectivity index (χ3n) is 2.59. The summed E-state index contributed by atoms with van der Waals surface area (Å²) < 4.78 is 0. The van der Waals surface area contributed by atoms with Crippen molar-refractivity contribution in [3.63, 3.8) is 0 Å². The Hall–Kier alpha value is -0.570. The average Bonchev–Trinajstić information content (AvgIpc) is 2.44. The van der Waals surface area contributed by atoms with Gasteiger partial charge < -0.3 is 10.2 Å². The first-order chi connectivity index (χ1) is 9.59. The second kappa shape index (κ2) is 23.5. The molecule has 0 aliphatic heterocycles. The molecule has 3 nitrogen and oxygen atoms in total. The lowest BCUT2D eigenvalue weighted by atomic mass is 10.2. The first-order valence-electron chi connectivity index (χ1n) is 8.52. The molecule has 1 amide bonds. The van der Waals surface area contributed by atoms with Gasteiger partial charge in [0.25, 0.3) is 0 Å². The van der Waals surface area contributed by atoms with Crippen LogP contribution in [0, 0.1) is 0 Å². The van der Waals surface area contributed by atoms with E-state index in [9.17, 15) is 4.79 Å². The van der Waals surface area contributed by atoms with E-state index in [4.69, 9.17) is 0 Å². The molecule has 0 saturated heterocycles. The van der Waals surface area contributed by atoms with Crippen LogP contribution in [0.25, 0.3) is 0 Å². The zero-order valence-electron chi connectivity index (χ0n) is 15.2. The number of unbranched alkanes of at least 4 members (excludes halogenated alkanes) is 3. The summed E-state index contributed by atoms with van der Waals surface area (Å²) in [5.41, 5.74) is 0. The van der Waals surface area contributed by atoms with Crippen LogP contribution in [0.1, 0.15) is 81.5 Å². The Morgan fingerprint density at radius 3 is 1.95 bits per heavy atom. The highest BCUT2D eigenvalue weighted by Gasteiger charge is 2.00. The van der Waals surface area contributed by atoms with Gasteiger partial charge in [-0.25, -0.2) is 0 Å². The van der Waals surface area contributed by atoms with E-state index in [0.717, 1.165) is 26.1 Å². The second-order valence-corrected chi connectivity index (χ2v) is 4.81. The lowest BCUT2D eigenvalue weighted by Gasteiger charge is -2.14. The van der Waals surface area contributed by atoms with Crippen LogP contribution in [0.3, 0.4) is 0 Å². The Balaban J connectivity index is -0.000000212. The summed E-state index contributed by atoms with van der Waals surface area (Å²) in [4.78, 5) is 12.7. The van der Waals surface area contributed by atoms with Crippen molar-refractivity contribution in [2.24, 2.45) is 0 Å². The van der Waals surface area contributed by atoms with Crippen LogP contribution in [0.15, 0.2) is 0 Å². The molecule has 0 fully saturated rings. The lowest BCUT2D eigenvalue weighted by molar-refractivity contribution is -0.127. The molecule has 0 rings (SSSR count). The SMILES string of the molecule is CC.CCC.CCCCNCCCCCN(C)C(C)=O.[HH]. The third-order valence-corrected chi connectivity index (χ3v) is 2.59. The molecule has 126 valence electrons. The summed E-state index contributed by atoms with van der Waals surface area (Å²) >= 11 is 0. The van der Waals surface area contributed by atoms with E-state index in [-0.39, 0.29) is 7.33 Å². The van der Waals surface area contributed by atoms with Crippen LogP contribution in [-0.2, 0) is 4.79 Å². The topological polar surface area (TPSA) is 32.3 Å². The van der Waals surface area contributed by atoms with E-state index in [1.165, 1.54) is 32.1 Å². The molecule has 0 aliphatic rings. The van der Waals surface area contributed by atoms with Crippen LogP contribution in [0.5, 0.6) is 0 Å². The van der Waals surface area contributed by atoms with Crippen molar-refractivity contribution in [3.8, 4) is 0 Å². The van der Waals surface area contributed by atoms with Gasteiger partial charge >= 0.3 is 0 Å². The van der Waals surface area contributed by atoms with Gasteiger partial charge in [0.2, 0.25) is 5.91 Å². The number of nitrogens with one attached hydrogen (secondary N) is 1. The van der Waals surface area contributed by atoms with Crippen LogP contribution in [0.4, 0.5) is 0 Å². The average molecular weight is 291 g/mol. The Morgan fingerprint density at radius 2 is 1.50 bits per heavy atom. The van der Waals surface area contributed by atoms with Crippen molar-refractivity contribution >= 4 is 5.91 Å². The maximum atomic E-state index is 10.9. The monoisotopic (exact) mass is 290 g/mol. The van der Waals surface area contributed by atoms with Gasteiger partial charge in [0.1, 0.15) is 0 Å². The molecule has 20 heavy (non-hydrogen) atoms. The van der Waals surface area contributed by atoms with E-state index >= 15 is 0 Å². The number of nitrogens with zero attached hydrogens (tertiary/aromatic N) is 1. The number of carbonyl (C=O) groups is 1. The Labute approximate surface area is 130 Å². The van der Waals surface area contributed by atoms with Crippen LogP contribution < -0.4 is 5.32 Å². The fraction of sp³-hybridized carbons (Fsp3) is 0.941. The van der Waals surface area contributed by atoms with E-state index in [2.05, 4.69) is 26.1 Å². The molecular weight excluding hydrogens is 248 g/mol. The van der Waals surface area contributed by atoms with Gasteiger partial charge in [-0.3, -0.25) is 4.79 Å². The maximum Gasteiger partial charge on any atom is 0.219 e. The van der Waals surface area contributed by atoms with Crippen molar-refractivity contribution in [3.05, 3.63) is 0 Å². The summed E-state index contributed by atoms with van der Waals surface area (Å²) in [6, 6.07) is 0. The molecule has 0 bridgehead atoms. The van der Waals surface area contributed by atoms with Gasteiger partial charge in [0.05, 0.1) is 0 Å². The number of hydrogen-bond donors (Lipinski definition) is 1. The first-order valence-corrected chi connectivity index (χ1v) is 8.52. The van der Waals surface area contributed by atoms with E-state index in [1.807, 2.05) is 20.9 Å². The molecule has 0 aromatic rings. The Morgan fingerprint density at radius 1 is 1.00 bits per heavy atom. The van der Waals surface area contributed by atoms with E-state index < -0.39 is 0 Å². The number of hydrogen-bond acceptors (Lipinski definition) is 2. The van der Waals surface area contributed by atoms with Crippen molar-refractivity contribution in [2.45, 2.75) is 80.1 Å². The largest absolute Gasteiger partial charge is 0.346 e. The number of amides is 1. The zero-order valence-corrected chi connectivity index (χ0v) is 15.2. The van der Waals surface area contributed by atoms with Crippen molar-refractivity contribution in [1.82, 2.24) is 10.2 Å². The minimum absolute atomic E-state index is 0. The highest BCUT2D eigenvalue weighted by Crippen LogP contribution is 1.97. The van der Waals surface area contributed by atoms with Gasteiger partial charge in [-0.15, -0.1) is 0 Å². The first kappa shape index (κ1) is 24.4. The highest BCUT2D eigenvalue weighted by molar-refractivity contribution is 5.72. The minimum Gasteiger partial charge on any atom is -0.346 e. The van der Waals surface area contributed by atoms with Gasteiger partial charge in [-0.05, 0) is 32.4 Å². The summed E-state index contributed by atoms with van der Waals surface area (Å²) in [5.74, 6) is 0.163. The summed E-state index contributed by atoms with van der Waals surface area (Å²) in [5, 5.41) is 3.42. The molecule has 0 saturated carbocycles. The fourth-order valence-corrected chi connectivity index (χ4v) is 1.36. The summed E-state index contributed by atoms with van der Waals surface area (Å²) in [7, 11) is 1.86. The quantitative estimate of drug-likeness (QED) is 0.624. The molecule has 0 aromatic heterocycles. The zero-order chi connectivity index (χ0) is 16.2. The molecule has 0 aliphatic carbocycles. The van der Waals surface area contributed by atoms with Crippen molar-refractivity contribution < 1.29 is 6.22 Å². The Kier molecular flexibility index (Phi) is 28.7. The molecule has 0 radical (unpaired) electrons. The molecule has 0 atom stereocenters. The van der Waals surface area contributed by atoms with Gasteiger partial charge in [-0.2, -0.15) is 0 Å². The van der Waals surface area contributed by atoms with Crippen LogP contribution in [-0.4, -0.2) is 37.5 Å². The molecular formula is C17H42N2O. The molecule has 0 spiro atoms. The van der Waals surface area contributed by atoms with E-state index in [1.54, 1.807) is 11.8 Å². The maximum absolute atomic E-state index is 10.9. The van der Waals surface area contributed by atoms with Gasteiger partial charge in [-0.1, -0.05) is 53.9 Å². The molecule has 0 aromatic carbocycles. The number of carbonyl (C=O) groups excluding carboxylic acids is 1. The van der Waals surface area contributed by atoms with Gasteiger partial charge in [0, 0.05) is 21.9 Å². The van der Waals surface area contributed by atoms with Crippen molar-refractivity contribution in [1.29, 1.82) is 0 Å². The predicted molar refractivity (Wildman–Crippen MR) is 94.4 cm³/mol. The smallest absolute Gasteiger partial charge is 0.219 e. The normalized spacial score (nSPS) is 8.95. The minimum atomic E-state index is 0. The van der Waals surface area contributed by atoms with Crippen LogP contribution in [0.2, 0.25) is 0 Å².